The number of benzene rings is 2. The van der Waals surface area contributed by atoms with E-state index in [0.29, 0.717) is 27.7 Å². The number of carbonyl (C=O) groups excluding carboxylic acids is 2. The van der Waals surface area contributed by atoms with Gasteiger partial charge in [0.15, 0.2) is 0 Å². The van der Waals surface area contributed by atoms with Gasteiger partial charge in [0.1, 0.15) is 5.75 Å². The Morgan fingerprint density at radius 2 is 1.62 bits per heavy atom. The number of hydrogen-bond donors (Lipinski definition) is 1. The number of anilines is 1. The Kier molecular flexibility index (Phi) is 6.23. The van der Waals surface area contributed by atoms with Crippen molar-refractivity contribution >= 4 is 40.8 Å². The monoisotopic (exact) mass is 365 g/mol. The normalized spacial score (nSPS) is 10.5. The van der Waals surface area contributed by atoms with Gasteiger partial charge in [0.2, 0.25) is 5.91 Å². The summed E-state index contributed by atoms with van der Waals surface area (Å²) in [6.07, 6.45) is 0.444. The van der Waals surface area contributed by atoms with Crippen molar-refractivity contribution in [2.45, 2.75) is 20.3 Å². The van der Waals surface area contributed by atoms with E-state index in [2.05, 4.69) is 5.32 Å². The molecular weight excluding hydrogens is 349 g/mol. The molecule has 0 radical (unpaired) electrons. The zero-order valence-electron chi connectivity index (χ0n) is 13.3. The van der Waals surface area contributed by atoms with Gasteiger partial charge in [0.05, 0.1) is 5.56 Å². The van der Waals surface area contributed by atoms with Gasteiger partial charge < -0.3 is 10.1 Å². The molecule has 0 aromatic heterocycles. The van der Waals surface area contributed by atoms with Crippen LogP contribution >= 0.6 is 23.2 Å². The van der Waals surface area contributed by atoms with Gasteiger partial charge in [-0.2, -0.15) is 0 Å². The molecule has 0 saturated carbocycles. The lowest BCUT2D eigenvalue weighted by atomic mass is 10.1. The zero-order valence-corrected chi connectivity index (χ0v) is 14.8. The second kappa shape index (κ2) is 8.18. The van der Waals surface area contributed by atoms with Crippen molar-refractivity contribution in [3.05, 3.63) is 58.1 Å². The number of esters is 1. The summed E-state index contributed by atoms with van der Waals surface area (Å²) in [4.78, 5) is 23.8. The average molecular weight is 366 g/mol. The maximum absolute atomic E-state index is 12.1. The number of amides is 1. The fourth-order valence-corrected chi connectivity index (χ4v) is 2.53. The molecule has 1 amide bonds. The third-order valence-corrected chi connectivity index (χ3v) is 3.48. The van der Waals surface area contributed by atoms with Crippen LogP contribution in [-0.4, -0.2) is 11.9 Å². The summed E-state index contributed by atoms with van der Waals surface area (Å²) in [7, 11) is 0. The minimum absolute atomic E-state index is 0.0612. The van der Waals surface area contributed by atoms with E-state index in [4.69, 9.17) is 27.9 Å². The van der Waals surface area contributed by atoms with Gasteiger partial charge in [-0.15, -0.1) is 0 Å². The van der Waals surface area contributed by atoms with Crippen molar-refractivity contribution in [1.29, 1.82) is 0 Å². The van der Waals surface area contributed by atoms with E-state index in [1.54, 1.807) is 30.3 Å². The van der Waals surface area contributed by atoms with Crippen molar-refractivity contribution in [3.63, 3.8) is 0 Å². The lowest BCUT2D eigenvalue weighted by molar-refractivity contribution is -0.116. The molecule has 0 saturated heterocycles. The van der Waals surface area contributed by atoms with Crippen molar-refractivity contribution in [2.24, 2.45) is 5.92 Å². The number of rotatable bonds is 5. The second-order valence-corrected chi connectivity index (χ2v) is 6.59. The predicted octanol–water partition coefficient (Wildman–Crippen LogP) is 5.20. The van der Waals surface area contributed by atoms with Gasteiger partial charge in [-0.3, -0.25) is 4.79 Å². The Morgan fingerprint density at radius 3 is 2.17 bits per heavy atom. The Bertz CT molecular complexity index is 722. The SMILES string of the molecule is CC(C)CC(=O)Nc1ccc(C(=O)Oc2cc(Cl)cc(Cl)c2)cc1. The predicted molar refractivity (Wildman–Crippen MR) is 95.9 cm³/mol. The van der Waals surface area contributed by atoms with Crippen LogP contribution in [0.1, 0.15) is 30.6 Å². The molecule has 6 heteroatoms. The second-order valence-electron chi connectivity index (χ2n) is 5.72. The molecule has 0 atom stereocenters. The molecule has 126 valence electrons. The van der Waals surface area contributed by atoms with Gasteiger partial charge in [-0.05, 0) is 48.4 Å². The molecule has 0 spiro atoms. The first-order valence-corrected chi connectivity index (χ1v) is 8.17. The average Bonchev–Trinajstić information content (AvgIpc) is 2.45. The third-order valence-electron chi connectivity index (χ3n) is 3.04. The molecule has 4 nitrogen and oxygen atoms in total. The van der Waals surface area contributed by atoms with E-state index in [1.165, 1.54) is 12.1 Å². The van der Waals surface area contributed by atoms with Crippen LogP contribution in [-0.2, 0) is 4.79 Å². The van der Waals surface area contributed by atoms with Gasteiger partial charge >= 0.3 is 5.97 Å². The first-order valence-electron chi connectivity index (χ1n) is 7.41. The summed E-state index contributed by atoms with van der Waals surface area (Å²) < 4.78 is 5.24. The molecule has 2 aromatic rings. The van der Waals surface area contributed by atoms with Crippen LogP contribution in [0, 0.1) is 5.92 Å². The van der Waals surface area contributed by atoms with Crippen LogP contribution < -0.4 is 10.1 Å². The summed E-state index contributed by atoms with van der Waals surface area (Å²) in [6.45, 7) is 3.95. The van der Waals surface area contributed by atoms with Crippen LogP contribution in [0.2, 0.25) is 10.0 Å². The highest BCUT2D eigenvalue weighted by Gasteiger charge is 2.11. The standard InChI is InChI=1S/C18H17Cl2NO3/c1-11(2)7-17(22)21-15-5-3-12(4-6-15)18(23)24-16-9-13(19)8-14(20)10-16/h3-6,8-11H,7H2,1-2H3,(H,21,22). The smallest absolute Gasteiger partial charge is 0.343 e. The van der Waals surface area contributed by atoms with Crippen LogP contribution in [0.4, 0.5) is 5.69 Å². The Morgan fingerprint density at radius 1 is 1.04 bits per heavy atom. The molecule has 2 rings (SSSR count). The fraction of sp³-hybridized carbons (Fsp3) is 0.222. The molecule has 0 bridgehead atoms. The lowest BCUT2D eigenvalue weighted by Crippen LogP contribution is -2.14. The molecule has 1 N–H and O–H groups in total. The summed E-state index contributed by atoms with van der Waals surface area (Å²) in [6, 6.07) is 11.0. The molecule has 0 aliphatic carbocycles. The van der Waals surface area contributed by atoms with Crippen LogP contribution in [0.5, 0.6) is 5.75 Å². The number of ether oxygens (including phenoxy) is 1. The summed E-state index contributed by atoms with van der Waals surface area (Å²) in [5.74, 6) is -0.0436. The molecule has 0 aliphatic heterocycles. The van der Waals surface area contributed by atoms with Gasteiger partial charge in [-0.25, -0.2) is 4.79 Å². The highest BCUT2D eigenvalue weighted by molar-refractivity contribution is 6.34. The fourth-order valence-electron chi connectivity index (χ4n) is 2.03. The number of halogens is 2. The maximum atomic E-state index is 12.1. The van der Waals surface area contributed by atoms with Crippen molar-refractivity contribution in [2.75, 3.05) is 5.32 Å². The van der Waals surface area contributed by atoms with E-state index in [-0.39, 0.29) is 17.6 Å². The lowest BCUT2D eigenvalue weighted by Gasteiger charge is -2.08. The van der Waals surface area contributed by atoms with Crippen molar-refractivity contribution in [3.8, 4) is 5.75 Å². The highest BCUT2D eigenvalue weighted by Crippen LogP contribution is 2.25. The van der Waals surface area contributed by atoms with Gasteiger partial charge in [0, 0.05) is 22.2 Å². The van der Waals surface area contributed by atoms with E-state index < -0.39 is 5.97 Å². The number of hydrogen-bond acceptors (Lipinski definition) is 3. The number of carbonyl (C=O) groups is 2. The zero-order chi connectivity index (χ0) is 17.7. The van der Waals surface area contributed by atoms with Crippen LogP contribution in [0.25, 0.3) is 0 Å². The Labute approximate surface area is 150 Å². The number of nitrogens with one attached hydrogen (secondary N) is 1. The molecule has 0 aliphatic rings. The largest absolute Gasteiger partial charge is 0.423 e. The Balaban J connectivity index is 2.01. The van der Waals surface area contributed by atoms with Crippen LogP contribution in [0.3, 0.4) is 0 Å². The van der Waals surface area contributed by atoms with Gasteiger partial charge in [0.25, 0.3) is 0 Å². The van der Waals surface area contributed by atoms with E-state index in [1.807, 2.05) is 13.8 Å². The summed E-state index contributed by atoms with van der Waals surface area (Å²) in [5, 5.41) is 3.54. The topological polar surface area (TPSA) is 55.4 Å². The Hall–Kier alpha value is -2.04. The first-order chi connectivity index (χ1) is 11.3. The third kappa shape index (κ3) is 5.55. The first kappa shape index (κ1) is 18.3. The molecule has 24 heavy (non-hydrogen) atoms. The highest BCUT2D eigenvalue weighted by atomic mass is 35.5. The minimum Gasteiger partial charge on any atom is -0.423 e. The quantitative estimate of drug-likeness (QED) is 0.585. The molecule has 0 heterocycles. The molecular formula is C18H17Cl2NO3. The summed E-state index contributed by atoms with van der Waals surface area (Å²) >= 11 is 11.7. The van der Waals surface area contributed by atoms with Gasteiger partial charge in [-0.1, -0.05) is 37.0 Å². The van der Waals surface area contributed by atoms with Crippen molar-refractivity contribution < 1.29 is 14.3 Å². The maximum Gasteiger partial charge on any atom is 0.343 e. The molecule has 0 fully saturated rings. The van der Waals surface area contributed by atoms with Crippen LogP contribution in [0.15, 0.2) is 42.5 Å². The van der Waals surface area contributed by atoms with E-state index in [0.717, 1.165) is 0 Å². The minimum atomic E-state index is -0.534. The van der Waals surface area contributed by atoms with Crippen molar-refractivity contribution in [1.82, 2.24) is 0 Å². The van der Waals surface area contributed by atoms with E-state index >= 15 is 0 Å². The molecule has 0 unspecified atom stereocenters. The molecule has 2 aromatic carbocycles. The van der Waals surface area contributed by atoms with E-state index in [9.17, 15) is 9.59 Å². The summed E-state index contributed by atoms with van der Waals surface area (Å²) in [5.41, 5.74) is 0.982.